The first kappa shape index (κ1) is 15.4. The molecule has 1 fully saturated rings. The minimum atomic E-state index is -3.46. The van der Waals surface area contributed by atoms with E-state index in [-0.39, 0.29) is 12.7 Å². The Morgan fingerprint density at radius 3 is 2.70 bits per heavy atom. The molecule has 1 aliphatic rings. The second kappa shape index (κ2) is 6.67. The van der Waals surface area contributed by atoms with Crippen LogP contribution in [0.1, 0.15) is 18.9 Å². The predicted octanol–water partition coefficient (Wildman–Crippen LogP) is 1.02. The molecule has 1 aliphatic heterocycles. The SMILES string of the molecule is CC1CN(S(=O)(=O)c2ccc(CCO)cc2)CCCO1. The van der Waals surface area contributed by atoms with Gasteiger partial charge in [0.15, 0.2) is 0 Å². The quantitative estimate of drug-likeness (QED) is 0.901. The summed E-state index contributed by atoms with van der Waals surface area (Å²) in [4.78, 5) is 0.299. The van der Waals surface area contributed by atoms with E-state index in [1.165, 1.54) is 4.31 Å². The summed E-state index contributed by atoms with van der Waals surface area (Å²) < 4.78 is 32.1. The Morgan fingerprint density at radius 2 is 2.05 bits per heavy atom. The summed E-state index contributed by atoms with van der Waals surface area (Å²) in [5, 5.41) is 8.87. The van der Waals surface area contributed by atoms with Gasteiger partial charge in [0, 0.05) is 26.3 Å². The molecule has 112 valence electrons. The summed E-state index contributed by atoms with van der Waals surface area (Å²) in [7, 11) is -3.46. The number of benzene rings is 1. The van der Waals surface area contributed by atoms with E-state index in [2.05, 4.69) is 0 Å². The van der Waals surface area contributed by atoms with Crippen LogP contribution in [0.5, 0.6) is 0 Å². The molecule has 1 saturated heterocycles. The molecule has 0 aromatic heterocycles. The predicted molar refractivity (Wildman–Crippen MR) is 76.0 cm³/mol. The number of hydrogen-bond donors (Lipinski definition) is 1. The van der Waals surface area contributed by atoms with E-state index in [4.69, 9.17) is 9.84 Å². The summed E-state index contributed by atoms with van der Waals surface area (Å²) in [5.74, 6) is 0. The average Bonchev–Trinajstić information content (AvgIpc) is 2.65. The van der Waals surface area contributed by atoms with Crippen LogP contribution in [-0.2, 0) is 21.2 Å². The van der Waals surface area contributed by atoms with Crippen molar-refractivity contribution in [2.24, 2.45) is 0 Å². The number of aliphatic hydroxyl groups excluding tert-OH is 1. The maximum absolute atomic E-state index is 12.6. The van der Waals surface area contributed by atoms with Crippen molar-refractivity contribution in [3.8, 4) is 0 Å². The highest BCUT2D eigenvalue weighted by Gasteiger charge is 2.27. The zero-order chi connectivity index (χ0) is 14.6. The first-order chi connectivity index (χ1) is 9.54. The number of nitrogens with zero attached hydrogens (tertiary/aromatic N) is 1. The Balaban J connectivity index is 2.20. The third-order valence-corrected chi connectivity index (χ3v) is 5.26. The molecule has 0 bridgehead atoms. The molecule has 6 heteroatoms. The minimum Gasteiger partial charge on any atom is -0.396 e. The molecule has 0 amide bonds. The Labute approximate surface area is 120 Å². The van der Waals surface area contributed by atoms with Crippen LogP contribution >= 0.6 is 0 Å². The molecule has 0 aliphatic carbocycles. The lowest BCUT2D eigenvalue weighted by Crippen LogP contribution is -2.35. The fourth-order valence-electron chi connectivity index (χ4n) is 2.28. The second-order valence-electron chi connectivity index (χ2n) is 5.02. The smallest absolute Gasteiger partial charge is 0.243 e. The van der Waals surface area contributed by atoms with Gasteiger partial charge in [-0.3, -0.25) is 0 Å². The van der Waals surface area contributed by atoms with Gasteiger partial charge in [-0.05, 0) is 37.5 Å². The van der Waals surface area contributed by atoms with Gasteiger partial charge in [0.2, 0.25) is 10.0 Å². The second-order valence-corrected chi connectivity index (χ2v) is 6.95. The van der Waals surface area contributed by atoms with Crippen molar-refractivity contribution in [1.82, 2.24) is 4.31 Å². The van der Waals surface area contributed by atoms with Gasteiger partial charge in [0.1, 0.15) is 0 Å². The van der Waals surface area contributed by atoms with Crippen molar-refractivity contribution in [1.29, 1.82) is 0 Å². The third kappa shape index (κ3) is 3.58. The van der Waals surface area contributed by atoms with Crippen LogP contribution in [0.2, 0.25) is 0 Å². The molecular formula is C14H21NO4S. The maximum Gasteiger partial charge on any atom is 0.243 e. The van der Waals surface area contributed by atoms with Gasteiger partial charge in [-0.25, -0.2) is 8.42 Å². The molecule has 1 aromatic carbocycles. The van der Waals surface area contributed by atoms with Crippen molar-refractivity contribution in [2.75, 3.05) is 26.3 Å². The largest absolute Gasteiger partial charge is 0.396 e. The van der Waals surface area contributed by atoms with Gasteiger partial charge in [-0.15, -0.1) is 0 Å². The Bertz CT molecular complexity index is 527. The van der Waals surface area contributed by atoms with Gasteiger partial charge in [0.05, 0.1) is 11.0 Å². The minimum absolute atomic E-state index is 0.0626. The van der Waals surface area contributed by atoms with Crippen molar-refractivity contribution in [3.63, 3.8) is 0 Å². The monoisotopic (exact) mass is 299 g/mol. The van der Waals surface area contributed by atoms with E-state index in [1.807, 2.05) is 6.92 Å². The van der Waals surface area contributed by atoms with Crippen LogP contribution in [0, 0.1) is 0 Å². The van der Waals surface area contributed by atoms with Crippen molar-refractivity contribution >= 4 is 10.0 Å². The summed E-state index contributed by atoms with van der Waals surface area (Å²) >= 11 is 0. The van der Waals surface area contributed by atoms with E-state index in [0.717, 1.165) is 5.56 Å². The number of rotatable bonds is 4. The zero-order valence-corrected chi connectivity index (χ0v) is 12.5. The normalized spacial score (nSPS) is 21.6. The number of hydrogen-bond acceptors (Lipinski definition) is 4. The molecule has 2 rings (SSSR count). The first-order valence-corrected chi connectivity index (χ1v) is 8.29. The van der Waals surface area contributed by atoms with E-state index >= 15 is 0 Å². The van der Waals surface area contributed by atoms with Crippen LogP contribution in [0.3, 0.4) is 0 Å². The standard InChI is InChI=1S/C14H21NO4S/c1-12-11-15(8-2-10-19-12)20(17,18)14-5-3-13(4-6-14)7-9-16/h3-6,12,16H,2,7-11H2,1H3. The van der Waals surface area contributed by atoms with Gasteiger partial charge in [-0.2, -0.15) is 4.31 Å². The Hall–Kier alpha value is -0.950. The topological polar surface area (TPSA) is 66.8 Å². The molecule has 0 spiro atoms. The lowest BCUT2D eigenvalue weighted by molar-refractivity contribution is 0.0752. The molecule has 0 radical (unpaired) electrons. The Morgan fingerprint density at radius 1 is 1.35 bits per heavy atom. The van der Waals surface area contributed by atoms with Crippen molar-refractivity contribution < 1.29 is 18.3 Å². The molecular weight excluding hydrogens is 278 g/mol. The van der Waals surface area contributed by atoms with Gasteiger partial charge in [0.25, 0.3) is 0 Å². The van der Waals surface area contributed by atoms with E-state index in [1.54, 1.807) is 24.3 Å². The lowest BCUT2D eigenvalue weighted by atomic mass is 10.2. The first-order valence-electron chi connectivity index (χ1n) is 6.85. The molecule has 0 saturated carbocycles. The Kier molecular flexibility index (Phi) is 5.15. The highest BCUT2D eigenvalue weighted by molar-refractivity contribution is 7.89. The van der Waals surface area contributed by atoms with E-state index in [0.29, 0.717) is 37.4 Å². The number of ether oxygens (including phenoxy) is 1. The van der Waals surface area contributed by atoms with Crippen molar-refractivity contribution in [2.45, 2.75) is 30.8 Å². The molecule has 1 N–H and O–H groups in total. The van der Waals surface area contributed by atoms with Crippen LogP contribution in [0.15, 0.2) is 29.2 Å². The molecule has 1 atom stereocenters. The fraction of sp³-hybridized carbons (Fsp3) is 0.571. The lowest BCUT2D eigenvalue weighted by Gasteiger charge is -2.21. The van der Waals surface area contributed by atoms with Crippen LogP contribution < -0.4 is 0 Å². The summed E-state index contributed by atoms with van der Waals surface area (Å²) in [6.45, 7) is 3.43. The van der Waals surface area contributed by atoms with Crippen LogP contribution in [-0.4, -0.2) is 50.2 Å². The highest BCUT2D eigenvalue weighted by Crippen LogP contribution is 2.19. The molecule has 1 heterocycles. The van der Waals surface area contributed by atoms with Gasteiger partial charge in [-0.1, -0.05) is 12.1 Å². The zero-order valence-electron chi connectivity index (χ0n) is 11.7. The molecule has 1 unspecified atom stereocenters. The summed E-state index contributed by atoms with van der Waals surface area (Å²) in [5.41, 5.74) is 0.930. The molecule has 5 nitrogen and oxygen atoms in total. The summed E-state index contributed by atoms with van der Waals surface area (Å²) in [6, 6.07) is 6.72. The molecule has 20 heavy (non-hydrogen) atoms. The molecule has 1 aromatic rings. The van der Waals surface area contributed by atoms with Crippen LogP contribution in [0.25, 0.3) is 0 Å². The summed E-state index contributed by atoms with van der Waals surface area (Å²) in [6.07, 6.45) is 1.17. The maximum atomic E-state index is 12.6. The van der Waals surface area contributed by atoms with E-state index in [9.17, 15) is 8.42 Å². The van der Waals surface area contributed by atoms with Crippen LogP contribution in [0.4, 0.5) is 0 Å². The highest BCUT2D eigenvalue weighted by atomic mass is 32.2. The average molecular weight is 299 g/mol. The number of aliphatic hydroxyl groups is 1. The van der Waals surface area contributed by atoms with Gasteiger partial charge >= 0.3 is 0 Å². The van der Waals surface area contributed by atoms with Crippen molar-refractivity contribution in [3.05, 3.63) is 29.8 Å². The third-order valence-electron chi connectivity index (χ3n) is 3.38. The fourth-order valence-corrected chi connectivity index (χ4v) is 3.83. The van der Waals surface area contributed by atoms with E-state index < -0.39 is 10.0 Å². The number of sulfonamides is 1. The van der Waals surface area contributed by atoms with Gasteiger partial charge < -0.3 is 9.84 Å².